The Hall–Kier alpha value is -2.84. The van der Waals surface area contributed by atoms with Crippen molar-refractivity contribution in [1.29, 1.82) is 0 Å². The van der Waals surface area contributed by atoms with Crippen molar-refractivity contribution in [2.24, 2.45) is 0 Å². The van der Waals surface area contributed by atoms with Gasteiger partial charge in [-0.05, 0) is 29.8 Å². The lowest BCUT2D eigenvalue weighted by molar-refractivity contribution is -0.115. The third-order valence-electron chi connectivity index (χ3n) is 4.19. The number of para-hydroxylation sites is 1. The van der Waals surface area contributed by atoms with Crippen molar-refractivity contribution in [2.75, 3.05) is 18.2 Å². The highest BCUT2D eigenvalue weighted by Crippen LogP contribution is 2.32. The number of carbonyl (C=O) groups excluding carboxylic acids is 2. The molecule has 0 saturated heterocycles. The number of halogens is 1. The molecule has 0 radical (unpaired) electrons. The predicted octanol–water partition coefficient (Wildman–Crippen LogP) is 3.87. The van der Waals surface area contributed by atoms with E-state index in [1.807, 2.05) is 18.2 Å². The summed E-state index contributed by atoms with van der Waals surface area (Å²) in [6.07, 6.45) is 0.242. The van der Waals surface area contributed by atoms with Crippen molar-refractivity contribution in [3.63, 3.8) is 0 Å². The predicted molar refractivity (Wildman–Crippen MR) is 105 cm³/mol. The van der Waals surface area contributed by atoms with Crippen molar-refractivity contribution >= 4 is 40.7 Å². The number of fused-ring (bicyclic) bond motifs is 1. The van der Waals surface area contributed by atoms with E-state index in [4.69, 9.17) is 20.8 Å². The molecule has 2 heterocycles. The fourth-order valence-corrected chi connectivity index (χ4v) is 3.78. The number of nitrogens with one attached hydrogen (secondary N) is 1. The number of ketones is 1. The summed E-state index contributed by atoms with van der Waals surface area (Å²) < 4.78 is 10.9. The Bertz CT molecular complexity index is 1080. The molecule has 3 aromatic rings. The van der Waals surface area contributed by atoms with Crippen molar-refractivity contribution < 1.29 is 18.7 Å². The summed E-state index contributed by atoms with van der Waals surface area (Å²) in [4.78, 5) is 24.1. The van der Waals surface area contributed by atoms with Crippen LogP contribution in [-0.4, -0.2) is 34.8 Å². The summed E-state index contributed by atoms with van der Waals surface area (Å²) in [5.74, 6) is 0.710. The lowest BCUT2D eigenvalue weighted by Gasteiger charge is -2.06. The van der Waals surface area contributed by atoms with Gasteiger partial charge in [0.2, 0.25) is 5.91 Å². The Labute approximate surface area is 169 Å². The third kappa shape index (κ3) is 3.61. The molecule has 0 saturated carbocycles. The molecule has 0 unspecified atom stereocenters. The average Bonchev–Trinajstić information content (AvgIpc) is 3.30. The Morgan fingerprint density at radius 3 is 2.96 bits per heavy atom. The monoisotopic (exact) mass is 415 g/mol. The molecule has 9 heteroatoms. The van der Waals surface area contributed by atoms with Crippen LogP contribution in [0.3, 0.4) is 0 Å². The molecule has 142 valence electrons. The van der Waals surface area contributed by atoms with Gasteiger partial charge in [0.15, 0.2) is 5.78 Å². The highest BCUT2D eigenvalue weighted by molar-refractivity contribution is 7.99. The Morgan fingerprint density at radius 1 is 1.32 bits per heavy atom. The van der Waals surface area contributed by atoms with E-state index in [9.17, 15) is 9.59 Å². The molecule has 28 heavy (non-hydrogen) atoms. The van der Waals surface area contributed by atoms with Crippen LogP contribution in [0.1, 0.15) is 15.9 Å². The minimum absolute atomic E-state index is 0.0768. The van der Waals surface area contributed by atoms with E-state index < -0.39 is 0 Å². The molecule has 1 N–H and O–H groups in total. The van der Waals surface area contributed by atoms with Gasteiger partial charge in [0.25, 0.3) is 11.1 Å². The second-order valence-electron chi connectivity index (χ2n) is 6.00. The van der Waals surface area contributed by atoms with Crippen LogP contribution >= 0.6 is 23.4 Å². The fourth-order valence-electron chi connectivity index (χ4n) is 2.87. The second kappa shape index (κ2) is 7.65. The average molecular weight is 416 g/mol. The number of nitrogens with zero attached hydrogens (tertiary/aromatic N) is 2. The van der Waals surface area contributed by atoms with Crippen LogP contribution in [0.2, 0.25) is 5.02 Å². The summed E-state index contributed by atoms with van der Waals surface area (Å²) in [5, 5.41) is 11.3. The van der Waals surface area contributed by atoms with E-state index in [2.05, 4.69) is 15.5 Å². The van der Waals surface area contributed by atoms with Crippen LogP contribution in [0.25, 0.3) is 11.5 Å². The Kier molecular flexibility index (Phi) is 5.06. The summed E-state index contributed by atoms with van der Waals surface area (Å²) in [7, 11) is 1.56. The van der Waals surface area contributed by atoms with Gasteiger partial charge in [-0.3, -0.25) is 9.59 Å². The second-order valence-corrected chi connectivity index (χ2v) is 7.33. The summed E-state index contributed by atoms with van der Waals surface area (Å²) in [6, 6.07) is 10.6. The Balaban J connectivity index is 1.47. The van der Waals surface area contributed by atoms with Gasteiger partial charge in [0.1, 0.15) is 5.75 Å². The molecular weight excluding hydrogens is 402 g/mol. The molecule has 2 aromatic carbocycles. The molecule has 7 nitrogen and oxygen atoms in total. The number of anilines is 1. The number of thioether (sulfide) groups is 1. The van der Waals surface area contributed by atoms with Crippen LogP contribution in [-0.2, 0) is 11.2 Å². The van der Waals surface area contributed by atoms with E-state index in [0.717, 1.165) is 17.3 Å². The third-order valence-corrected chi connectivity index (χ3v) is 5.32. The number of rotatable bonds is 6. The van der Waals surface area contributed by atoms with Gasteiger partial charge in [-0.15, -0.1) is 10.2 Å². The molecule has 0 spiro atoms. The fraction of sp³-hybridized carbons (Fsp3) is 0.158. The van der Waals surface area contributed by atoms with Crippen LogP contribution in [0.4, 0.5) is 5.69 Å². The van der Waals surface area contributed by atoms with Gasteiger partial charge in [-0.25, -0.2) is 0 Å². The van der Waals surface area contributed by atoms with Gasteiger partial charge in [0.05, 0.1) is 29.9 Å². The molecule has 1 aliphatic heterocycles. The molecule has 0 atom stereocenters. The van der Waals surface area contributed by atoms with E-state index in [0.29, 0.717) is 33.5 Å². The summed E-state index contributed by atoms with van der Waals surface area (Å²) in [5.41, 5.74) is 2.46. The lowest BCUT2D eigenvalue weighted by Crippen LogP contribution is -2.04. The van der Waals surface area contributed by atoms with Gasteiger partial charge in [-0.2, -0.15) is 0 Å². The summed E-state index contributed by atoms with van der Waals surface area (Å²) >= 11 is 7.33. The highest BCUT2D eigenvalue weighted by atomic mass is 35.5. The first-order valence-electron chi connectivity index (χ1n) is 8.30. The smallest absolute Gasteiger partial charge is 0.277 e. The maximum absolute atomic E-state index is 12.6. The first-order chi connectivity index (χ1) is 13.5. The molecule has 1 amide bonds. The molecule has 0 aliphatic carbocycles. The number of ether oxygens (including phenoxy) is 1. The number of methoxy groups -OCH3 is 1. The molecular formula is C19H14ClN3O4S. The minimum atomic E-state index is -0.186. The maximum atomic E-state index is 12.6. The van der Waals surface area contributed by atoms with Crippen molar-refractivity contribution in [3.8, 4) is 17.2 Å². The topological polar surface area (TPSA) is 94.3 Å². The molecule has 1 aliphatic rings. The zero-order valence-corrected chi connectivity index (χ0v) is 16.3. The number of hydrogen-bond donors (Lipinski definition) is 1. The SMILES string of the molecule is COc1ccccc1-c1nnc(SCC(=O)c2cc3c(cc2Cl)NC(=O)C3)o1. The van der Waals surface area contributed by atoms with Crippen LogP contribution in [0, 0.1) is 0 Å². The van der Waals surface area contributed by atoms with Crippen molar-refractivity contribution in [3.05, 3.63) is 52.5 Å². The molecule has 0 fully saturated rings. The standard InChI is InChI=1S/C19H14ClN3O4S/c1-26-16-5-3-2-4-11(16)18-22-23-19(27-18)28-9-15(24)12-6-10-7-17(25)21-14(10)8-13(12)20/h2-6,8H,7,9H2,1H3,(H,21,25). The van der Waals surface area contributed by atoms with Crippen LogP contribution in [0.5, 0.6) is 5.75 Å². The highest BCUT2D eigenvalue weighted by Gasteiger charge is 2.22. The largest absolute Gasteiger partial charge is 0.496 e. The van der Waals surface area contributed by atoms with Crippen molar-refractivity contribution in [2.45, 2.75) is 11.6 Å². The van der Waals surface area contributed by atoms with E-state index >= 15 is 0 Å². The lowest BCUT2D eigenvalue weighted by atomic mass is 10.1. The summed E-state index contributed by atoms with van der Waals surface area (Å²) in [6.45, 7) is 0. The van der Waals surface area contributed by atoms with E-state index in [1.165, 1.54) is 0 Å². The normalized spacial score (nSPS) is 12.6. The van der Waals surface area contributed by atoms with Crippen LogP contribution in [0.15, 0.2) is 46.0 Å². The minimum Gasteiger partial charge on any atom is -0.496 e. The number of amides is 1. The van der Waals surface area contributed by atoms with E-state index in [-0.39, 0.29) is 29.1 Å². The van der Waals surface area contributed by atoms with Gasteiger partial charge < -0.3 is 14.5 Å². The number of benzene rings is 2. The number of Topliss-reactive ketones (excluding diaryl/α,β-unsaturated/α-hetero) is 1. The first kappa shape index (κ1) is 18.5. The Morgan fingerprint density at radius 2 is 2.14 bits per heavy atom. The zero-order valence-electron chi connectivity index (χ0n) is 14.7. The first-order valence-corrected chi connectivity index (χ1v) is 9.66. The quantitative estimate of drug-likeness (QED) is 0.482. The molecule has 1 aromatic heterocycles. The number of carbonyl (C=O) groups is 2. The number of aromatic nitrogens is 2. The van der Waals surface area contributed by atoms with Gasteiger partial charge in [0, 0.05) is 11.3 Å². The molecule has 4 rings (SSSR count). The van der Waals surface area contributed by atoms with Crippen LogP contribution < -0.4 is 10.1 Å². The number of hydrogen-bond acceptors (Lipinski definition) is 7. The zero-order chi connectivity index (χ0) is 19.7. The molecule has 0 bridgehead atoms. The van der Waals surface area contributed by atoms with E-state index in [1.54, 1.807) is 25.3 Å². The van der Waals surface area contributed by atoms with Crippen molar-refractivity contribution in [1.82, 2.24) is 10.2 Å². The maximum Gasteiger partial charge on any atom is 0.277 e. The van der Waals surface area contributed by atoms with Gasteiger partial charge in [-0.1, -0.05) is 35.5 Å². The van der Waals surface area contributed by atoms with Gasteiger partial charge >= 0.3 is 0 Å².